The molecule has 3 aromatic rings. The van der Waals surface area contributed by atoms with Crippen LogP contribution in [0.5, 0.6) is 5.75 Å². The van der Waals surface area contributed by atoms with Crippen LogP contribution in [0.25, 0.3) is 5.69 Å². The minimum Gasteiger partial charge on any atom is -0.501 e. The van der Waals surface area contributed by atoms with E-state index in [-0.39, 0.29) is 18.8 Å². The zero-order valence-corrected chi connectivity index (χ0v) is 17.0. The van der Waals surface area contributed by atoms with Gasteiger partial charge < -0.3 is 15.2 Å². The Morgan fingerprint density at radius 3 is 2.94 bits per heavy atom. The molecule has 0 unspecified atom stereocenters. The Morgan fingerprint density at radius 1 is 1.39 bits per heavy atom. The fourth-order valence-corrected chi connectivity index (χ4v) is 3.47. The standard InChI is InChI=1S/C20H21FN6O4/c1-20(2)9-31-6-5-26-18(30)16(28)15(25-19(20)26)17(29)23-8-12-3-4-13(21)7-14(12)27-11-22-10-24-27/h3-4,7,10-11,28H,5-6,8-9H2,1-2H3,(H,23,29). The first-order valence-corrected chi connectivity index (χ1v) is 9.61. The summed E-state index contributed by atoms with van der Waals surface area (Å²) in [7, 11) is 0. The molecule has 0 aliphatic carbocycles. The number of benzene rings is 1. The molecule has 0 saturated heterocycles. The van der Waals surface area contributed by atoms with Crippen LogP contribution in [0.3, 0.4) is 0 Å². The van der Waals surface area contributed by atoms with Crippen LogP contribution in [0.15, 0.2) is 35.6 Å². The van der Waals surface area contributed by atoms with Gasteiger partial charge in [-0.05, 0) is 17.7 Å². The topological polar surface area (TPSA) is 124 Å². The van der Waals surface area contributed by atoms with Gasteiger partial charge in [0.25, 0.3) is 11.5 Å². The number of hydrogen-bond acceptors (Lipinski definition) is 7. The number of aromatic hydroxyl groups is 1. The number of amides is 1. The van der Waals surface area contributed by atoms with E-state index in [4.69, 9.17) is 4.74 Å². The highest BCUT2D eigenvalue weighted by Crippen LogP contribution is 2.25. The SMILES string of the molecule is CC1(C)COCCn2c1nc(C(=O)NCc1ccc(F)cc1-n1cncn1)c(O)c2=O. The summed E-state index contributed by atoms with van der Waals surface area (Å²) < 4.78 is 22.0. The molecule has 11 heteroatoms. The summed E-state index contributed by atoms with van der Waals surface area (Å²) >= 11 is 0. The molecule has 3 heterocycles. The lowest BCUT2D eigenvalue weighted by Gasteiger charge is -2.24. The number of carbonyl (C=O) groups excluding carboxylic acids is 1. The predicted molar refractivity (Wildman–Crippen MR) is 106 cm³/mol. The third-order valence-electron chi connectivity index (χ3n) is 5.04. The number of aromatic nitrogens is 5. The van der Waals surface area contributed by atoms with Crippen molar-refractivity contribution < 1.29 is 19.0 Å². The van der Waals surface area contributed by atoms with Crippen molar-refractivity contribution >= 4 is 5.91 Å². The van der Waals surface area contributed by atoms with E-state index in [0.717, 1.165) is 0 Å². The molecule has 0 saturated carbocycles. The van der Waals surface area contributed by atoms with E-state index in [9.17, 15) is 19.1 Å². The van der Waals surface area contributed by atoms with Crippen molar-refractivity contribution in [2.75, 3.05) is 13.2 Å². The molecule has 0 bridgehead atoms. The van der Waals surface area contributed by atoms with Crippen LogP contribution in [-0.2, 0) is 23.2 Å². The van der Waals surface area contributed by atoms with Gasteiger partial charge in [-0.25, -0.2) is 19.0 Å². The third kappa shape index (κ3) is 3.91. The number of hydrogen-bond donors (Lipinski definition) is 2. The summed E-state index contributed by atoms with van der Waals surface area (Å²) in [5, 5.41) is 17.0. The summed E-state index contributed by atoms with van der Waals surface area (Å²) in [5.74, 6) is -1.56. The van der Waals surface area contributed by atoms with Gasteiger partial charge in [0, 0.05) is 12.0 Å². The molecule has 1 aliphatic rings. The molecular formula is C20H21FN6O4. The van der Waals surface area contributed by atoms with Crippen LogP contribution < -0.4 is 10.9 Å². The van der Waals surface area contributed by atoms with Gasteiger partial charge in [0.2, 0.25) is 5.75 Å². The molecule has 0 spiro atoms. The Bertz CT molecular complexity index is 1190. The molecule has 1 amide bonds. The van der Waals surface area contributed by atoms with E-state index < -0.39 is 28.4 Å². The fraction of sp³-hybridized carbons (Fsp3) is 0.350. The van der Waals surface area contributed by atoms with Crippen molar-refractivity contribution in [2.24, 2.45) is 0 Å². The van der Waals surface area contributed by atoms with Crippen molar-refractivity contribution in [2.45, 2.75) is 32.4 Å². The minimum atomic E-state index is -0.729. The van der Waals surface area contributed by atoms with E-state index in [1.54, 1.807) is 0 Å². The van der Waals surface area contributed by atoms with Crippen molar-refractivity contribution in [1.29, 1.82) is 0 Å². The summed E-state index contributed by atoms with van der Waals surface area (Å²) in [6.45, 7) is 4.54. The fourth-order valence-electron chi connectivity index (χ4n) is 3.47. The van der Waals surface area contributed by atoms with Gasteiger partial charge in [-0.3, -0.25) is 14.2 Å². The Labute approximate surface area is 176 Å². The number of nitrogens with one attached hydrogen (secondary N) is 1. The first kappa shape index (κ1) is 20.7. The molecule has 31 heavy (non-hydrogen) atoms. The highest BCUT2D eigenvalue weighted by molar-refractivity contribution is 5.94. The maximum absolute atomic E-state index is 13.7. The minimum absolute atomic E-state index is 0.0135. The summed E-state index contributed by atoms with van der Waals surface area (Å²) in [5.41, 5.74) is -0.736. The second-order valence-electron chi connectivity index (χ2n) is 7.82. The van der Waals surface area contributed by atoms with Crippen LogP contribution in [0, 0.1) is 5.82 Å². The Morgan fingerprint density at radius 2 is 2.19 bits per heavy atom. The van der Waals surface area contributed by atoms with Gasteiger partial charge >= 0.3 is 0 Å². The van der Waals surface area contributed by atoms with Crippen molar-refractivity contribution in [3.63, 3.8) is 0 Å². The zero-order chi connectivity index (χ0) is 22.2. The number of halogens is 1. The molecule has 0 atom stereocenters. The van der Waals surface area contributed by atoms with E-state index in [1.165, 1.54) is 40.1 Å². The van der Waals surface area contributed by atoms with Gasteiger partial charge in [-0.2, -0.15) is 5.10 Å². The zero-order valence-electron chi connectivity index (χ0n) is 17.0. The second kappa shape index (κ2) is 7.91. The van der Waals surface area contributed by atoms with Crippen molar-refractivity contribution in [3.8, 4) is 11.4 Å². The summed E-state index contributed by atoms with van der Waals surface area (Å²) in [6, 6.07) is 4.03. The molecule has 10 nitrogen and oxygen atoms in total. The van der Waals surface area contributed by atoms with Gasteiger partial charge in [-0.1, -0.05) is 19.9 Å². The predicted octanol–water partition coefficient (Wildman–Crippen LogP) is 0.906. The molecular weight excluding hydrogens is 407 g/mol. The molecule has 4 rings (SSSR count). The first-order valence-electron chi connectivity index (χ1n) is 9.61. The number of fused-ring (bicyclic) bond motifs is 1. The largest absolute Gasteiger partial charge is 0.501 e. The highest BCUT2D eigenvalue weighted by atomic mass is 19.1. The van der Waals surface area contributed by atoms with E-state index in [1.807, 2.05) is 13.8 Å². The molecule has 1 aliphatic heterocycles. The van der Waals surface area contributed by atoms with Gasteiger partial charge in [0.15, 0.2) is 5.69 Å². The van der Waals surface area contributed by atoms with Crippen LogP contribution in [0.4, 0.5) is 4.39 Å². The first-order chi connectivity index (χ1) is 14.8. The van der Waals surface area contributed by atoms with E-state index in [0.29, 0.717) is 30.3 Å². The number of ether oxygens (including phenoxy) is 1. The maximum atomic E-state index is 13.7. The van der Waals surface area contributed by atoms with Crippen LogP contribution in [0.1, 0.15) is 35.7 Å². The van der Waals surface area contributed by atoms with Gasteiger partial charge in [-0.15, -0.1) is 0 Å². The Hall–Kier alpha value is -3.60. The van der Waals surface area contributed by atoms with E-state index >= 15 is 0 Å². The smallest absolute Gasteiger partial charge is 0.296 e. The van der Waals surface area contributed by atoms with Crippen LogP contribution >= 0.6 is 0 Å². The van der Waals surface area contributed by atoms with Crippen LogP contribution in [0.2, 0.25) is 0 Å². The molecule has 2 aromatic heterocycles. The molecule has 0 fully saturated rings. The lowest BCUT2D eigenvalue weighted by molar-refractivity contribution is 0.0939. The number of nitrogens with zero attached hydrogens (tertiary/aromatic N) is 5. The third-order valence-corrected chi connectivity index (χ3v) is 5.04. The highest BCUT2D eigenvalue weighted by Gasteiger charge is 2.32. The molecule has 1 aromatic carbocycles. The average molecular weight is 428 g/mol. The van der Waals surface area contributed by atoms with Crippen LogP contribution in [-0.4, -0.2) is 48.5 Å². The Kier molecular flexibility index (Phi) is 5.27. The van der Waals surface area contributed by atoms with Gasteiger partial charge in [0.1, 0.15) is 24.3 Å². The van der Waals surface area contributed by atoms with Crippen molar-refractivity contribution in [1.82, 2.24) is 29.6 Å². The quantitative estimate of drug-likeness (QED) is 0.633. The van der Waals surface area contributed by atoms with Gasteiger partial charge in [0.05, 0.1) is 25.4 Å². The summed E-state index contributed by atoms with van der Waals surface area (Å²) in [6.07, 6.45) is 2.72. The lowest BCUT2D eigenvalue weighted by Crippen LogP contribution is -2.36. The Balaban J connectivity index is 1.65. The van der Waals surface area contributed by atoms with E-state index in [2.05, 4.69) is 20.4 Å². The average Bonchev–Trinajstić information content (AvgIpc) is 3.22. The maximum Gasteiger partial charge on any atom is 0.296 e. The van der Waals surface area contributed by atoms with Crippen molar-refractivity contribution in [3.05, 3.63) is 64.1 Å². The lowest BCUT2D eigenvalue weighted by atomic mass is 9.93. The normalized spacial score (nSPS) is 15.2. The second-order valence-corrected chi connectivity index (χ2v) is 7.82. The molecule has 0 radical (unpaired) electrons. The monoisotopic (exact) mass is 428 g/mol. The number of rotatable bonds is 4. The number of carbonyl (C=O) groups is 1. The molecule has 2 N–H and O–H groups in total. The summed E-state index contributed by atoms with van der Waals surface area (Å²) in [4.78, 5) is 33.7. The molecule has 162 valence electrons.